The summed E-state index contributed by atoms with van der Waals surface area (Å²) in [5, 5.41) is 9.65. The first-order chi connectivity index (χ1) is 14.3. The molecule has 2 aromatic heterocycles. The first kappa shape index (κ1) is 18.3. The summed E-state index contributed by atoms with van der Waals surface area (Å²) in [6.07, 6.45) is 6.16. The lowest BCUT2D eigenvalue weighted by atomic mass is 9.90. The van der Waals surface area contributed by atoms with Crippen LogP contribution in [0.15, 0.2) is 67.0 Å². The molecule has 1 N–H and O–H groups in total. The van der Waals surface area contributed by atoms with Crippen LogP contribution in [0.5, 0.6) is 0 Å². The van der Waals surface area contributed by atoms with Gasteiger partial charge in [0.1, 0.15) is 0 Å². The predicted molar refractivity (Wildman–Crippen MR) is 118 cm³/mol. The fourth-order valence-corrected chi connectivity index (χ4v) is 4.57. The lowest BCUT2D eigenvalue weighted by molar-refractivity contribution is 0.199. The zero-order chi connectivity index (χ0) is 19.6. The van der Waals surface area contributed by atoms with E-state index in [0.29, 0.717) is 5.92 Å². The molecule has 0 bridgehead atoms. The zero-order valence-electron chi connectivity index (χ0n) is 16.2. The number of halogens is 1. The van der Waals surface area contributed by atoms with Gasteiger partial charge in [0.05, 0.1) is 11.7 Å². The molecule has 5 rings (SSSR count). The molecule has 29 heavy (non-hydrogen) atoms. The number of likely N-dealkylation sites (tertiary alicyclic amines) is 1. The first-order valence-corrected chi connectivity index (χ1v) is 10.5. The van der Waals surface area contributed by atoms with Gasteiger partial charge >= 0.3 is 0 Å². The number of H-pyrrole nitrogens is 1. The standard InChI is InChI=1S/C24H23ClN4/c25-20-10-8-17(9-11-20)22-14-27-28-24(22)19-5-3-13-29(16-19)15-18-4-1-7-23-21(18)6-2-12-26-23/h1-2,4,6-12,14,19H,3,5,13,15-16H2,(H,27,28). The molecule has 0 spiro atoms. The maximum absolute atomic E-state index is 6.06. The van der Waals surface area contributed by atoms with Gasteiger partial charge < -0.3 is 0 Å². The Balaban J connectivity index is 1.38. The van der Waals surface area contributed by atoms with E-state index in [0.717, 1.165) is 35.7 Å². The summed E-state index contributed by atoms with van der Waals surface area (Å²) in [6.45, 7) is 3.10. The Morgan fingerprint density at radius 3 is 2.86 bits per heavy atom. The highest BCUT2D eigenvalue weighted by molar-refractivity contribution is 6.30. The SMILES string of the molecule is Clc1ccc(-c2cn[nH]c2C2CCCN(Cc3cccc4ncccc34)C2)cc1. The van der Waals surface area contributed by atoms with Crippen LogP contribution in [0.3, 0.4) is 0 Å². The zero-order valence-corrected chi connectivity index (χ0v) is 16.9. The van der Waals surface area contributed by atoms with Crippen LogP contribution in [0.2, 0.25) is 5.02 Å². The summed E-state index contributed by atoms with van der Waals surface area (Å²) in [7, 11) is 0. The highest BCUT2D eigenvalue weighted by atomic mass is 35.5. The Kier molecular flexibility index (Phi) is 5.04. The van der Waals surface area contributed by atoms with Crippen LogP contribution in [0.4, 0.5) is 0 Å². The van der Waals surface area contributed by atoms with Crippen molar-refractivity contribution < 1.29 is 0 Å². The van der Waals surface area contributed by atoms with Crippen LogP contribution in [0, 0.1) is 0 Å². The number of nitrogens with zero attached hydrogens (tertiary/aromatic N) is 3. The number of aromatic nitrogens is 3. The smallest absolute Gasteiger partial charge is 0.0705 e. The Morgan fingerprint density at radius 1 is 1.07 bits per heavy atom. The van der Waals surface area contributed by atoms with Crippen molar-refractivity contribution in [2.24, 2.45) is 0 Å². The van der Waals surface area contributed by atoms with E-state index in [1.165, 1.54) is 35.0 Å². The molecule has 2 aromatic carbocycles. The van der Waals surface area contributed by atoms with Crippen LogP contribution < -0.4 is 0 Å². The molecule has 3 heterocycles. The van der Waals surface area contributed by atoms with E-state index in [-0.39, 0.29) is 0 Å². The highest BCUT2D eigenvalue weighted by Gasteiger charge is 2.25. The second-order valence-corrected chi connectivity index (χ2v) is 8.20. The van der Waals surface area contributed by atoms with Gasteiger partial charge in [-0.1, -0.05) is 41.9 Å². The van der Waals surface area contributed by atoms with Crippen LogP contribution in [-0.2, 0) is 6.54 Å². The van der Waals surface area contributed by atoms with E-state index in [4.69, 9.17) is 11.6 Å². The Bertz CT molecular complexity index is 1110. The number of piperidine rings is 1. The molecule has 146 valence electrons. The van der Waals surface area contributed by atoms with Crippen molar-refractivity contribution in [2.75, 3.05) is 13.1 Å². The molecule has 1 atom stereocenters. The molecule has 5 heteroatoms. The van der Waals surface area contributed by atoms with Crippen LogP contribution in [0.1, 0.15) is 30.0 Å². The van der Waals surface area contributed by atoms with Crippen LogP contribution in [-0.4, -0.2) is 33.2 Å². The third kappa shape index (κ3) is 3.78. The summed E-state index contributed by atoms with van der Waals surface area (Å²) < 4.78 is 0. The average Bonchev–Trinajstić information content (AvgIpc) is 3.25. The van der Waals surface area contributed by atoms with Gasteiger partial charge in [-0.15, -0.1) is 0 Å². The molecule has 1 aliphatic rings. The van der Waals surface area contributed by atoms with Crippen molar-refractivity contribution in [1.29, 1.82) is 0 Å². The van der Waals surface area contributed by atoms with Gasteiger partial charge in [-0.25, -0.2) is 0 Å². The molecule has 0 aliphatic carbocycles. The highest BCUT2D eigenvalue weighted by Crippen LogP contribution is 2.34. The summed E-state index contributed by atoms with van der Waals surface area (Å²) in [5.74, 6) is 0.449. The number of rotatable bonds is 4. The molecule has 0 saturated carbocycles. The van der Waals surface area contributed by atoms with Crippen molar-refractivity contribution in [2.45, 2.75) is 25.3 Å². The molecule has 4 nitrogen and oxygen atoms in total. The molecular formula is C24H23ClN4. The van der Waals surface area contributed by atoms with Crippen molar-refractivity contribution in [3.8, 4) is 11.1 Å². The Labute approximate surface area is 175 Å². The number of benzene rings is 2. The average molecular weight is 403 g/mol. The van der Waals surface area contributed by atoms with E-state index < -0.39 is 0 Å². The van der Waals surface area contributed by atoms with Gasteiger partial charge in [-0.2, -0.15) is 5.10 Å². The number of pyridine rings is 1. The second-order valence-electron chi connectivity index (χ2n) is 7.77. The van der Waals surface area contributed by atoms with E-state index in [2.05, 4.69) is 56.5 Å². The topological polar surface area (TPSA) is 44.8 Å². The molecule has 0 amide bonds. The van der Waals surface area contributed by atoms with Crippen LogP contribution >= 0.6 is 11.6 Å². The van der Waals surface area contributed by atoms with Crippen LogP contribution in [0.25, 0.3) is 22.0 Å². The summed E-state index contributed by atoms with van der Waals surface area (Å²) in [4.78, 5) is 7.06. The molecule has 1 aliphatic heterocycles. The second kappa shape index (κ2) is 7.97. The summed E-state index contributed by atoms with van der Waals surface area (Å²) >= 11 is 6.06. The van der Waals surface area contributed by atoms with Gasteiger partial charge in [0.25, 0.3) is 0 Å². The molecule has 1 saturated heterocycles. The number of hydrogen-bond acceptors (Lipinski definition) is 3. The lowest BCUT2D eigenvalue weighted by Crippen LogP contribution is -2.34. The van der Waals surface area contributed by atoms with E-state index in [9.17, 15) is 0 Å². The normalized spacial score (nSPS) is 17.6. The quantitative estimate of drug-likeness (QED) is 0.479. The van der Waals surface area contributed by atoms with E-state index >= 15 is 0 Å². The van der Waals surface area contributed by atoms with Gasteiger partial charge in [-0.3, -0.25) is 15.0 Å². The molecule has 4 aromatic rings. The monoisotopic (exact) mass is 402 g/mol. The maximum Gasteiger partial charge on any atom is 0.0705 e. The fraction of sp³-hybridized carbons (Fsp3) is 0.250. The third-order valence-corrected chi connectivity index (χ3v) is 6.12. The minimum atomic E-state index is 0.449. The molecule has 1 fully saturated rings. The maximum atomic E-state index is 6.06. The largest absolute Gasteiger partial charge is 0.298 e. The van der Waals surface area contributed by atoms with Gasteiger partial charge in [0.15, 0.2) is 0 Å². The molecule has 1 unspecified atom stereocenters. The number of nitrogens with one attached hydrogen (secondary N) is 1. The lowest BCUT2D eigenvalue weighted by Gasteiger charge is -2.33. The van der Waals surface area contributed by atoms with Crippen molar-refractivity contribution in [1.82, 2.24) is 20.1 Å². The number of hydrogen-bond donors (Lipinski definition) is 1. The van der Waals surface area contributed by atoms with E-state index in [1.54, 1.807) is 0 Å². The van der Waals surface area contributed by atoms with Gasteiger partial charge in [-0.05, 0) is 54.8 Å². The van der Waals surface area contributed by atoms with E-state index in [1.807, 2.05) is 30.6 Å². The van der Waals surface area contributed by atoms with Crippen molar-refractivity contribution in [3.63, 3.8) is 0 Å². The summed E-state index contributed by atoms with van der Waals surface area (Å²) in [5.41, 5.74) is 5.99. The minimum Gasteiger partial charge on any atom is -0.298 e. The first-order valence-electron chi connectivity index (χ1n) is 10.1. The fourth-order valence-electron chi connectivity index (χ4n) is 4.45. The number of aromatic amines is 1. The van der Waals surface area contributed by atoms with Gasteiger partial charge in [0.2, 0.25) is 0 Å². The Hall–Kier alpha value is -2.69. The molecule has 0 radical (unpaired) electrons. The minimum absolute atomic E-state index is 0.449. The third-order valence-electron chi connectivity index (χ3n) is 5.87. The Morgan fingerprint density at radius 2 is 1.97 bits per heavy atom. The van der Waals surface area contributed by atoms with Gasteiger partial charge in [0, 0.05) is 46.9 Å². The number of fused-ring (bicyclic) bond motifs is 1. The van der Waals surface area contributed by atoms with Crippen molar-refractivity contribution >= 4 is 22.5 Å². The summed E-state index contributed by atoms with van der Waals surface area (Å²) in [6, 6.07) is 18.6. The predicted octanol–water partition coefficient (Wildman–Crippen LogP) is 5.66. The molecular weight excluding hydrogens is 380 g/mol. The van der Waals surface area contributed by atoms with Crippen molar-refractivity contribution in [3.05, 3.63) is 83.3 Å².